The molecule has 2 aromatic carbocycles. The summed E-state index contributed by atoms with van der Waals surface area (Å²) in [6.07, 6.45) is 2.79. The molecule has 3 nitrogen and oxygen atoms in total. The van der Waals surface area contributed by atoms with E-state index in [-0.39, 0.29) is 22.9 Å². The average Bonchev–Trinajstić information content (AvgIpc) is 3.37. The van der Waals surface area contributed by atoms with Gasteiger partial charge in [-0.25, -0.2) is 8.78 Å². The van der Waals surface area contributed by atoms with Crippen LogP contribution in [0.25, 0.3) is 0 Å². The summed E-state index contributed by atoms with van der Waals surface area (Å²) >= 11 is 7.07. The lowest BCUT2D eigenvalue weighted by Crippen LogP contribution is -2.12. The lowest BCUT2D eigenvalue weighted by Gasteiger charge is -2.14. The normalized spacial score (nSPS) is 14.9. The van der Waals surface area contributed by atoms with Crippen LogP contribution in [0.3, 0.4) is 0 Å². The van der Waals surface area contributed by atoms with Crippen molar-refractivity contribution in [2.75, 3.05) is 17.7 Å². The molecule has 138 valence electrons. The van der Waals surface area contributed by atoms with Crippen LogP contribution in [0.15, 0.2) is 41.3 Å². The van der Waals surface area contributed by atoms with E-state index in [1.54, 1.807) is 0 Å². The average molecular weight is 398 g/mol. The number of benzene rings is 2. The number of hydrogen-bond acceptors (Lipinski definition) is 3. The van der Waals surface area contributed by atoms with Gasteiger partial charge in [0.25, 0.3) is 5.91 Å². The molecule has 0 spiro atoms. The highest BCUT2D eigenvalue weighted by Gasteiger charge is 2.41. The first-order valence-corrected chi connectivity index (χ1v) is 9.58. The van der Waals surface area contributed by atoms with Gasteiger partial charge in [0.2, 0.25) is 0 Å². The highest BCUT2D eigenvalue weighted by molar-refractivity contribution is 7.99. The van der Waals surface area contributed by atoms with Crippen LogP contribution in [0.4, 0.5) is 14.5 Å². The SMILES string of the molecule is O=C(Nc1ccc(F)c(Cl)c1)c1ccc(F)c(SCC2(CCO)CC2)c1. The summed E-state index contributed by atoms with van der Waals surface area (Å²) in [4.78, 5) is 12.8. The van der Waals surface area contributed by atoms with Crippen molar-refractivity contribution in [1.29, 1.82) is 0 Å². The van der Waals surface area contributed by atoms with Gasteiger partial charge in [-0.15, -0.1) is 11.8 Å². The van der Waals surface area contributed by atoms with Gasteiger partial charge >= 0.3 is 0 Å². The van der Waals surface area contributed by atoms with Crippen LogP contribution < -0.4 is 5.32 Å². The highest BCUT2D eigenvalue weighted by Crippen LogP contribution is 2.51. The number of rotatable bonds is 7. The number of carbonyl (C=O) groups excluding carboxylic acids is 1. The zero-order valence-corrected chi connectivity index (χ0v) is 15.5. The molecular formula is C19H18ClF2NO2S. The number of aliphatic hydroxyl groups excluding tert-OH is 1. The lowest BCUT2D eigenvalue weighted by molar-refractivity contribution is 0.102. The van der Waals surface area contributed by atoms with Crippen molar-refractivity contribution in [3.63, 3.8) is 0 Å². The van der Waals surface area contributed by atoms with Gasteiger partial charge in [-0.1, -0.05) is 11.6 Å². The van der Waals surface area contributed by atoms with Gasteiger partial charge in [-0.05, 0) is 61.1 Å². The van der Waals surface area contributed by atoms with E-state index in [0.29, 0.717) is 28.3 Å². The van der Waals surface area contributed by atoms with Gasteiger partial charge in [0.15, 0.2) is 0 Å². The third-order valence-corrected chi connectivity index (χ3v) is 6.17. The van der Waals surface area contributed by atoms with E-state index in [0.717, 1.165) is 12.8 Å². The first-order chi connectivity index (χ1) is 12.4. The number of hydrogen-bond donors (Lipinski definition) is 2. The Hall–Kier alpha value is -1.63. The summed E-state index contributed by atoms with van der Waals surface area (Å²) in [6.45, 7) is 0.131. The van der Waals surface area contributed by atoms with Crippen LogP contribution in [0, 0.1) is 17.0 Å². The molecule has 0 aliphatic heterocycles. The molecule has 2 aromatic rings. The first-order valence-electron chi connectivity index (χ1n) is 8.22. The number of halogens is 3. The van der Waals surface area contributed by atoms with E-state index < -0.39 is 11.7 Å². The largest absolute Gasteiger partial charge is 0.396 e. The summed E-state index contributed by atoms with van der Waals surface area (Å²) in [5.74, 6) is -0.660. The van der Waals surface area contributed by atoms with Crippen LogP contribution >= 0.6 is 23.4 Å². The smallest absolute Gasteiger partial charge is 0.255 e. The summed E-state index contributed by atoms with van der Waals surface area (Å²) in [5.41, 5.74) is 0.760. The van der Waals surface area contributed by atoms with E-state index >= 15 is 0 Å². The molecule has 1 fully saturated rings. The second-order valence-electron chi connectivity index (χ2n) is 6.49. The van der Waals surface area contributed by atoms with E-state index in [9.17, 15) is 13.6 Å². The summed E-state index contributed by atoms with van der Waals surface area (Å²) < 4.78 is 27.3. The fraction of sp³-hybridized carbons (Fsp3) is 0.316. The highest BCUT2D eigenvalue weighted by atomic mass is 35.5. The molecule has 0 bridgehead atoms. The van der Waals surface area contributed by atoms with Crippen molar-refractivity contribution < 1.29 is 18.7 Å². The quantitative estimate of drug-likeness (QED) is 0.637. The maximum absolute atomic E-state index is 14.1. The van der Waals surface area contributed by atoms with Crippen molar-refractivity contribution in [2.24, 2.45) is 5.41 Å². The van der Waals surface area contributed by atoms with Gasteiger partial charge in [0, 0.05) is 28.5 Å². The number of nitrogens with one attached hydrogen (secondary N) is 1. The van der Waals surface area contributed by atoms with Crippen molar-refractivity contribution in [1.82, 2.24) is 0 Å². The molecule has 26 heavy (non-hydrogen) atoms. The maximum Gasteiger partial charge on any atom is 0.255 e. The Bertz CT molecular complexity index is 827. The number of thioether (sulfide) groups is 1. The maximum atomic E-state index is 14.1. The molecule has 0 saturated heterocycles. The zero-order valence-electron chi connectivity index (χ0n) is 13.9. The second kappa shape index (κ2) is 7.94. The molecule has 1 amide bonds. The minimum absolute atomic E-state index is 0.0863. The topological polar surface area (TPSA) is 49.3 Å². The van der Waals surface area contributed by atoms with E-state index in [1.807, 2.05) is 0 Å². The summed E-state index contributed by atoms with van der Waals surface area (Å²) in [6, 6.07) is 8.07. The standard InChI is InChI=1S/C19H18ClF2NO2S/c20-14-10-13(2-4-15(14)21)23-18(25)12-1-3-16(22)17(9-12)26-11-19(5-6-19)7-8-24/h1-4,9-10,24H,5-8,11H2,(H,23,25). The number of anilines is 1. The van der Waals surface area contributed by atoms with Gasteiger partial charge in [-0.3, -0.25) is 4.79 Å². The minimum atomic E-state index is -0.568. The van der Waals surface area contributed by atoms with Gasteiger partial charge in [-0.2, -0.15) is 0 Å². The fourth-order valence-corrected chi connectivity index (χ4v) is 4.14. The predicted octanol–water partition coefficient (Wildman–Crippen LogP) is 5.13. The third-order valence-electron chi connectivity index (χ3n) is 4.50. The lowest BCUT2D eigenvalue weighted by atomic mass is 10.1. The fourth-order valence-electron chi connectivity index (χ4n) is 2.64. The van der Waals surface area contributed by atoms with Crippen molar-refractivity contribution in [3.05, 3.63) is 58.6 Å². The van der Waals surface area contributed by atoms with Crippen LogP contribution in [0.5, 0.6) is 0 Å². The third kappa shape index (κ3) is 4.55. The predicted molar refractivity (Wildman–Crippen MR) is 99.9 cm³/mol. The Kier molecular flexibility index (Phi) is 5.85. The summed E-state index contributed by atoms with van der Waals surface area (Å²) in [7, 11) is 0. The Morgan fingerprint density at radius 1 is 1.19 bits per heavy atom. The number of carbonyl (C=O) groups is 1. The van der Waals surface area contributed by atoms with Gasteiger partial charge in [0.05, 0.1) is 5.02 Å². The van der Waals surface area contributed by atoms with E-state index in [2.05, 4.69) is 5.32 Å². The molecule has 3 rings (SSSR count). The molecule has 2 N–H and O–H groups in total. The monoisotopic (exact) mass is 397 g/mol. The van der Waals surface area contributed by atoms with Crippen molar-refractivity contribution in [3.8, 4) is 0 Å². The Morgan fingerprint density at radius 3 is 2.58 bits per heavy atom. The molecule has 0 heterocycles. The number of aliphatic hydroxyl groups is 1. The van der Waals surface area contributed by atoms with Crippen LogP contribution in [-0.2, 0) is 0 Å². The van der Waals surface area contributed by atoms with Gasteiger partial charge in [0.1, 0.15) is 11.6 Å². The molecule has 1 aliphatic carbocycles. The first kappa shape index (κ1) is 19.1. The van der Waals surface area contributed by atoms with Crippen LogP contribution in [0.2, 0.25) is 5.02 Å². The van der Waals surface area contributed by atoms with Crippen LogP contribution in [-0.4, -0.2) is 23.4 Å². The van der Waals surface area contributed by atoms with Crippen molar-refractivity contribution >= 4 is 35.0 Å². The van der Waals surface area contributed by atoms with Crippen LogP contribution in [0.1, 0.15) is 29.6 Å². The van der Waals surface area contributed by atoms with E-state index in [1.165, 1.54) is 48.2 Å². The molecule has 0 atom stereocenters. The molecule has 0 radical (unpaired) electrons. The Labute approximate surface area is 159 Å². The molecule has 1 aliphatic rings. The van der Waals surface area contributed by atoms with Gasteiger partial charge < -0.3 is 10.4 Å². The minimum Gasteiger partial charge on any atom is -0.396 e. The molecule has 1 saturated carbocycles. The molecule has 0 unspecified atom stereocenters. The molecular weight excluding hydrogens is 380 g/mol. The summed E-state index contributed by atoms with van der Waals surface area (Å²) in [5, 5.41) is 11.7. The molecule has 0 aromatic heterocycles. The molecule has 7 heteroatoms. The van der Waals surface area contributed by atoms with Crippen molar-refractivity contribution in [2.45, 2.75) is 24.2 Å². The Balaban J connectivity index is 1.69. The Morgan fingerprint density at radius 2 is 1.92 bits per heavy atom. The second-order valence-corrected chi connectivity index (χ2v) is 7.91. The number of amides is 1. The van der Waals surface area contributed by atoms with E-state index in [4.69, 9.17) is 16.7 Å². The zero-order chi connectivity index (χ0) is 18.7.